The highest BCUT2D eigenvalue weighted by Crippen LogP contribution is 2.55. The van der Waals surface area contributed by atoms with E-state index in [-0.39, 0.29) is 12.0 Å². The molecule has 2 aromatic rings. The maximum Gasteiger partial charge on any atom is 0.419 e. The number of hydrogen-bond acceptors (Lipinski definition) is 8. The number of carboxylic acid groups (broad SMARTS) is 1. The molecule has 1 amide bonds. The number of ether oxygens (including phenoxy) is 2. The van der Waals surface area contributed by atoms with Crippen molar-refractivity contribution in [3.8, 4) is 11.5 Å². The summed E-state index contributed by atoms with van der Waals surface area (Å²) in [5.41, 5.74) is 0.665. The Morgan fingerprint density at radius 2 is 1.84 bits per heavy atom. The molecule has 12 heteroatoms. The van der Waals surface area contributed by atoms with Gasteiger partial charge >= 0.3 is 16.3 Å². The number of aromatic nitrogens is 2. The first kappa shape index (κ1) is 22.3. The molecule has 1 aromatic carbocycles. The van der Waals surface area contributed by atoms with E-state index in [1.54, 1.807) is 20.5 Å². The molecule has 1 aromatic heterocycles. The molecule has 0 bridgehead atoms. The van der Waals surface area contributed by atoms with Crippen LogP contribution >= 0.6 is 0 Å². The van der Waals surface area contributed by atoms with Gasteiger partial charge in [-0.15, -0.1) is 0 Å². The van der Waals surface area contributed by atoms with Crippen LogP contribution in [-0.4, -0.2) is 63.4 Å². The second kappa shape index (κ2) is 8.58. The lowest BCUT2D eigenvalue weighted by Gasteiger charge is -2.37. The van der Waals surface area contributed by atoms with Crippen molar-refractivity contribution in [2.45, 2.75) is 25.7 Å². The predicted molar refractivity (Wildman–Crippen MR) is 117 cm³/mol. The monoisotopic (exact) mass is 465 g/mol. The fourth-order valence-corrected chi connectivity index (χ4v) is 5.38. The Bertz CT molecular complexity index is 1110. The van der Waals surface area contributed by atoms with Gasteiger partial charge < -0.3 is 19.5 Å². The second-order valence-corrected chi connectivity index (χ2v) is 9.78. The number of hydrogen-bond donors (Lipinski definition) is 3. The fraction of sp³-hybridized carbons (Fsp3) is 0.550. The standard InChI is InChI=1S/C20H27N5O6S/c1-30-16-9-14-15(10-17(16)31-2)21-12-22-18(14)25-7-3-13(4-8-25)20(5-6-20)11-23-32(28,29)24-19(26)27/h9-10,12-13,23-24H,3-8,11H2,1-2H3,(H,26,27). The third-order valence-electron chi connectivity index (χ3n) is 6.51. The Morgan fingerprint density at radius 3 is 2.44 bits per heavy atom. The van der Waals surface area contributed by atoms with Crippen LogP contribution in [0.3, 0.4) is 0 Å². The average Bonchev–Trinajstić information content (AvgIpc) is 3.57. The lowest BCUT2D eigenvalue weighted by molar-refractivity contribution is 0.200. The Kier molecular flexibility index (Phi) is 5.99. The number of rotatable bonds is 8. The molecule has 11 nitrogen and oxygen atoms in total. The predicted octanol–water partition coefficient (Wildman–Crippen LogP) is 1.75. The molecule has 1 saturated heterocycles. The van der Waals surface area contributed by atoms with Gasteiger partial charge in [-0.05, 0) is 43.1 Å². The van der Waals surface area contributed by atoms with Crippen LogP contribution in [-0.2, 0) is 10.2 Å². The molecule has 1 saturated carbocycles. The summed E-state index contributed by atoms with van der Waals surface area (Å²) in [6.45, 7) is 1.81. The molecule has 3 N–H and O–H groups in total. The normalized spacial score (nSPS) is 18.4. The SMILES string of the molecule is COc1cc2ncnc(N3CCC(C4(CNS(=O)(=O)NC(=O)O)CC4)CC3)c2cc1OC. The number of methoxy groups -OCH3 is 2. The second-order valence-electron chi connectivity index (χ2n) is 8.28. The number of fused-ring (bicyclic) bond motifs is 1. The molecule has 32 heavy (non-hydrogen) atoms. The number of benzene rings is 1. The molecule has 2 aliphatic rings. The van der Waals surface area contributed by atoms with Crippen LogP contribution in [0.1, 0.15) is 25.7 Å². The van der Waals surface area contributed by atoms with E-state index < -0.39 is 16.3 Å². The van der Waals surface area contributed by atoms with Gasteiger partial charge in [0.25, 0.3) is 0 Å². The number of piperidine rings is 1. The number of carbonyl (C=O) groups is 1. The van der Waals surface area contributed by atoms with Crippen molar-refractivity contribution in [1.29, 1.82) is 0 Å². The number of anilines is 1. The largest absolute Gasteiger partial charge is 0.493 e. The average molecular weight is 466 g/mol. The van der Waals surface area contributed by atoms with Crippen LogP contribution in [0.2, 0.25) is 0 Å². The first-order valence-corrected chi connectivity index (χ1v) is 11.9. The summed E-state index contributed by atoms with van der Waals surface area (Å²) in [4.78, 5) is 21.7. The van der Waals surface area contributed by atoms with Gasteiger partial charge in [0, 0.05) is 31.1 Å². The smallest absolute Gasteiger partial charge is 0.419 e. The highest BCUT2D eigenvalue weighted by atomic mass is 32.2. The zero-order valence-corrected chi connectivity index (χ0v) is 18.8. The van der Waals surface area contributed by atoms with Gasteiger partial charge in [0.05, 0.1) is 19.7 Å². The topological polar surface area (TPSA) is 143 Å². The zero-order valence-electron chi connectivity index (χ0n) is 18.0. The minimum absolute atomic E-state index is 0.107. The Morgan fingerprint density at radius 1 is 1.19 bits per heavy atom. The maximum atomic E-state index is 11.8. The fourth-order valence-electron chi connectivity index (χ4n) is 4.60. The van der Waals surface area contributed by atoms with Gasteiger partial charge in [0.15, 0.2) is 11.5 Å². The summed E-state index contributed by atoms with van der Waals surface area (Å²) < 4.78 is 38.4. The van der Waals surface area contributed by atoms with Gasteiger partial charge in [0.2, 0.25) is 0 Å². The van der Waals surface area contributed by atoms with Crippen LogP contribution in [0.5, 0.6) is 11.5 Å². The molecule has 0 radical (unpaired) electrons. The van der Waals surface area contributed by atoms with Crippen molar-refractivity contribution in [3.63, 3.8) is 0 Å². The number of nitrogens with zero attached hydrogens (tertiary/aromatic N) is 3. The van der Waals surface area contributed by atoms with Gasteiger partial charge in [-0.1, -0.05) is 0 Å². The maximum absolute atomic E-state index is 11.8. The minimum atomic E-state index is -4.05. The van der Waals surface area contributed by atoms with Crippen LogP contribution in [0.4, 0.5) is 10.6 Å². The summed E-state index contributed by atoms with van der Waals surface area (Å²) in [6.07, 6.45) is 3.60. The van der Waals surface area contributed by atoms with Crippen molar-refractivity contribution in [3.05, 3.63) is 18.5 Å². The summed E-state index contributed by atoms with van der Waals surface area (Å²) in [6, 6.07) is 3.73. The Labute approximate surface area is 186 Å². The van der Waals surface area contributed by atoms with Crippen LogP contribution in [0, 0.1) is 11.3 Å². The number of amides is 1. The summed E-state index contributed by atoms with van der Waals surface area (Å²) >= 11 is 0. The summed E-state index contributed by atoms with van der Waals surface area (Å²) in [7, 11) is -0.876. The van der Waals surface area contributed by atoms with Gasteiger partial charge in [-0.25, -0.2) is 19.5 Å². The van der Waals surface area contributed by atoms with E-state index in [0.29, 0.717) is 17.4 Å². The zero-order chi connectivity index (χ0) is 22.9. The van der Waals surface area contributed by atoms with E-state index in [1.165, 1.54) is 4.72 Å². The highest BCUT2D eigenvalue weighted by Gasteiger charge is 2.50. The molecule has 174 valence electrons. The van der Waals surface area contributed by atoms with Crippen LogP contribution in [0.25, 0.3) is 10.9 Å². The van der Waals surface area contributed by atoms with E-state index in [2.05, 4.69) is 19.6 Å². The number of nitrogens with one attached hydrogen (secondary N) is 2. The Hall–Kier alpha value is -2.86. The first-order chi connectivity index (χ1) is 15.3. The molecule has 0 unspecified atom stereocenters. The van der Waals surface area contributed by atoms with E-state index in [0.717, 1.165) is 55.5 Å². The lowest BCUT2D eigenvalue weighted by Crippen LogP contribution is -2.45. The van der Waals surface area contributed by atoms with E-state index >= 15 is 0 Å². The first-order valence-electron chi connectivity index (χ1n) is 10.4. The van der Waals surface area contributed by atoms with Crippen molar-refractivity contribution in [1.82, 2.24) is 19.4 Å². The molecule has 2 fully saturated rings. The Balaban J connectivity index is 1.45. The van der Waals surface area contributed by atoms with Crippen molar-refractivity contribution >= 4 is 33.0 Å². The highest BCUT2D eigenvalue weighted by molar-refractivity contribution is 7.88. The van der Waals surface area contributed by atoms with E-state index in [1.807, 2.05) is 12.1 Å². The summed E-state index contributed by atoms with van der Waals surface area (Å²) in [5.74, 6) is 2.42. The third kappa shape index (κ3) is 4.51. The van der Waals surface area contributed by atoms with E-state index in [9.17, 15) is 13.2 Å². The van der Waals surface area contributed by atoms with Gasteiger partial charge in [-0.3, -0.25) is 0 Å². The van der Waals surface area contributed by atoms with Crippen molar-refractivity contribution < 1.29 is 27.8 Å². The molecular formula is C20H27N5O6S. The molecule has 1 aliphatic carbocycles. The molecule has 0 spiro atoms. The quantitative estimate of drug-likeness (QED) is 0.531. The molecule has 0 atom stereocenters. The molecule has 4 rings (SSSR count). The van der Waals surface area contributed by atoms with Crippen molar-refractivity contribution in [2.24, 2.45) is 11.3 Å². The minimum Gasteiger partial charge on any atom is -0.493 e. The van der Waals surface area contributed by atoms with E-state index in [4.69, 9.17) is 14.6 Å². The van der Waals surface area contributed by atoms with Crippen molar-refractivity contribution in [2.75, 3.05) is 38.8 Å². The van der Waals surface area contributed by atoms with Crippen LogP contribution < -0.4 is 23.8 Å². The van der Waals surface area contributed by atoms with Gasteiger partial charge in [-0.2, -0.15) is 13.1 Å². The molecule has 1 aliphatic heterocycles. The lowest BCUT2D eigenvalue weighted by atomic mass is 9.81. The van der Waals surface area contributed by atoms with Gasteiger partial charge in [0.1, 0.15) is 12.1 Å². The molecule has 2 heterocycles. The summed E-state index contributed by atoms with van der Waals surface area (Å²) in [5, 5.41) is 9.54. The van der Waals surface area contributed by atoms with Crippen LogP contribution in [0.15, 0.2) is 18.5 Å². The third-order valence-corrected chi connectivity index (χ3v) is 7.48. The molecular weight excluding hydrogens is 438 g/mol.